The maximum absolute atomic E-state index is 12.8. The Morgan fingerprint density at radius 2 is 1.97 bits per heavy atom. The molecular formula is C22H26N6O2. The summed E-state index contributed by atoms with van der Waals surface area (Å²) in [5, 5.41) is 2.50. The van der Waals surface area contributed by atoms with Gasteiger partial charge in [0.05, 0.1) is 5.69 Å². The molecule has 3 amide bonds. The average Bonchev–Trinajstić information content (AvgIpc) is 3.30. The maximum Gasteiger partial charge on any atom is 0.325 e. The maximum atomic E-state index is 12.8. The molecule has 0 bridgehead atoms. The van der Waals surface area contributed by atoms with Crippen molar-refractivity contribution < 1.29 is 9.59 Å². The molecule has 5 rings (SSSR count). The molecule has 1 aromatic carbocycles. The molecule has 4 heterocycles. The number of aromatic nitrogens is 2. The van der Waals surface area contributed by atoms with Crippen molar-refractivity contribution in [1.29, 1.82) is 0 Å². The van der Waals surface area contributed by atoms with Crippen molar-refractivity contribution in [1.82, 2.24) is 24.7 Å². The number of amides is 3. The first-order chi connectivity index (χ1) is 14.6. The number of imide groups is 1. The molecule has 156 valence electrons. The number of rotatable bonds is 5. The summed E-state index contributed by atoms with van der Waals surface area (Å²) in [6.07, 6.45) is 5.54. The lowest BCUT2D eigenvalue weighted by Crippen LogP contribution is -2.64. The lowest BCUT2D eigenvalue weighted by molar-refractivity contribution is -0.127. The van der Waals surface area contributed by atoms with E-state index in [1.54, 1.807) is 4.90 Å². The number of carbonyl (C=O) groups excluding carboxylic acids is 2. The van der Waals surface area contributed by atoms with Crippen LogP contribution in [-0.4, -0.2) is 55.9 Å². The van der Waals surface area contributed by atoms with Crippen molar-refractivity contribution in [2.24, 2.45) is 4.99 Å². The minimum Gasteiger partial charge on any atom is -0.340 e. The Morgan fingerprint density at radius 1 is 1.13 bits per heavy atom. The number of likely N-dealkylation sites (N-methyl/N-ethyl adjacent to an activating group) is 1. The fraction of sp³-hybridized carbons (Fsp3) is 0.455. The number of aliphatic imine (C=N–C) groups is 1. The average molecular weight is 406 g/mol. The second-order valence-electron chi connectivity index (χ2n) is 8.07. The van der Waals surface area contributed by atoms with E-state index < -0.39 is 12.2 Å². The fourth-order valence-corrected chi connectivity index (χ4v) is 4.67. The standard InChI is InChI=1S/C22H26N6O2/c1-2-27-20-19(21(29)25-22(27)30)28(13-15-8-4-3-5-9-15)18(24-20)12-16-14-26-11-7-6-10-17(26)23-16/h3-5,8-9,14,19-20H,2,6-7,10-13H2,1H3,(H,25,29,30). The predicted octanol–water partition coefficient (Wildman–Crippen LogP) is 1.94. The molecule has 1 N–H and O–H groups in total. The van der Waals surface area contributed by atoms with Gasteiger partial charge in [-0.1, -0.05) is 30.3 Å². The molecule has 3 aliphatic rings. The van der Waals surface area contributed by atoms with Crippen molar-refractivity contribution in [2.75, 3.05) is 6.54 Å². The van der Waals surface area contributed by atoms with Gasteiger partial charge in [0.1, 0.15) is 11.7 Å². The van der Waals surface area contributed by atoms with Crippen molar-refractivity contribution in [2.45, 2.75) is 57.9 Å². The van der Waals surface area contributed by atoms with E-state index in [2.05, 4.69) is 16.1 Å². The Labute approximate surface area is 175 Å². The largest absolute Gasteiger partial charge is 0.340 e. The Morgan fingerprint density at radius 3 is 2.73 bits per heavy atom. The molecule has 8 nitrogen and oxygen atoms in total. The Kier molecular flexibility index (Phi) is 4.77. The number of amidine groups is 1. The molecule has 2 aromatic rings. The van der Waals surface area contributed by atoms with Gasteiger partial charge in [-0.25, -0.2) is 14.8 Å². The molecule has 0 aliphatic carbocycles. The highest BCUT2D eigenvalue weighted by molar-refractivity contribution is 6.04. The van der Waals surface area contributed by atoms with Gasteiger partial charge in [0.2, 0.25) is 0 Å². The number of benzene rings is 1. The number of aryl methyl sites for hydroxylation is 2. The zero-order valence-corrected chi connectivity index (χ0v) is 17.1. The third-order valence-electron chi connectivity index (χ3n) is 6.14. The lowest BCUT2D eigenvalue weighted by atomic mass is 10.1. The number of hydrogen-bond acceptors (Lipinski definition) is 5. The first kappa shape index (κ1) is 18.8. The molecule has 2 atom stereocenters. The van der Waals surface area contributed by atoms with E-state index >= 15 is 0 Å². The van der Waals surface area contributed by atoms with Crippen LogP contribution in [0.25, 0.3) is 0 Å². The molecule has 1 saturated heterocycles. The summed E-state index contributed by atoms with van der Waals surface area (Å²) >= 11 is 0. The summed E-state index contributed by atoms with van der Waals surface area (Å²) in [6, 6.07) is 9.16. The second kappa shape index (κ2) is 7.59. The summed E-state index contributed by atoms with van der Waals surface area (Å²) in [6.45, 7) is 3.97. The summed E-state index contributed by atoms with van der Waals surface area (Å²) in [5.74, 6) is 1.66. The Hall–Kier alpha value is -3.16. The van der Waals surface area contributed by atoms with Crippen LogP contribution in [0.5, 0.6) is 0 Å². The topological polar surface area (TPSA) is 82.8 Å². The van der Waals surface area contributed by atoms with E-state index in [1.165, 1.54) is 12.8 Å². The van der Waals surface area contributed by atoms with E-state index in [9.17, 15) is 9.59 Å². The van der Waals surface area contributed by atoms with Gasteiger partial charge in [0.25, 0.3) is 5.91 Å². The van der Waals surface area contributed by atoms with Crippen LogP contribution < -0.4 is 5.32 Å². The van der Waals surface area contributed by atoms with Gasteiger partial charge in [-0.2, -0.15) is 0 Å². The summed E-state index contributed by atoms with van der Waals surface area (Å²) < 4.78 is 2.23. The quantitative estimate of drug-likeness (QED) is 0.823. The van der Waals surface area contributed by atoms with Gasteiger partial charge in [-0.15, -0.1) is 0 Å². The summed E-state index contributed by atoms with van der Waals surface area (Å²) in [4.78, 5) is 38.5. The number of fused-ring (bicyclic) bond motifs is 2. The molecule has 1 aromatic heterocycles. The zero-order chi connectivity index (χ0) is 20.7. The number of nitrogens with zero attached hydrogens (tertiary/aromatic N) is 5. The first-order valence-corrected chi connectivity index (χ1v) is 10.7. The Bertz CT molecular complexity index is 975. The predicted molar refractivity (Wildman–Crippen MR) is 112 cm³/mol. The van der Waals surface area contributed by atoms with E-state index in [0.717, 1.165) is 35.9 Å². The van der Waals surface area contributed by atoms with Crippen LogP contribution in [0, 0.1) is 0 Å². The molecule has 3 aliphatic heterocycles. The van der Waals surface area contributed by atoms with E-state index in [1.807, 2.05) is 42.2 Å². The highest BCUT2D eigenvalue weighted by atomic mass is 16.2. The minimum atomic E-state index is -0.518. The van der Waals surface area contributed by atoms with Crippen LogP contribution in [0.15, 0.2) is 41.5 Å². The summed E-state index contributed by atoms with van der Waals surface area (Å²) in [7, 11) is 0. The van der Waals surface area contributed by atoms with E-state index in [-0.39, 0.29) is 11.9 Å². The normalized spacial score (nSPS) is 23.2. The third kappa shape index (κ3) is 3.26. The lowest BCUT2D eigenvalue weighted by Gasteiger charge is -2.37. The minimum absolute atomic E-state index is 0.284. The van der Waals surface area contributed by atoms with Crippen LogP contribution in [0.3, 0.4) is 0 Å². The molecule has 0 saturated carbocycles. The van der Waals surface area contributed by atoms with Crippen LogP contribution in [0.1, 0.15) is 36.8 Å². The third-order valence-corrected chi connectivity index (χ3v) is 6.14. The number of urea groups is 1. The number of nitrogens with one attached hydrogen (secondary N) is 1. The number of carbonyl (C=O) groups is 2. The molecule has 30 heavy (non-hydrogen) atoms. The molecule has 0 spiro atoms. The first-order valence-electron chi connectivity index (χ1n) is 10.7. The smallest absolute Gasteiger partial charge is 0.325 e. The number of hydrogen-bond donors (Lipinski definition) is 1. The number of imidazole rings is 1. The highest BCUT2D eigenvalue weighted by Crippen LogP contribution is 2.28. The van der Waals surface area contributed by atoms with E-state index in [4.69, 9.17) is 9.98 Å². The van der Waals surface area contributed by atoms with Crippen LogP contribution in [-0.2, 0) is 30.7 Å². The van der Waals surface area contributed by atoms with Gasteiger partial charge >= 0.3 is 6.03 Å². The van der Waals surface area contributed by atoms with Crippen molar-refractivity contribution in [3.8, 4) is 0 Å². The highest BCUT2D eigenvalue weighted by Gasteiger charge is 2.49. The monoisotopic (exact) mass is 406 g/mol. The van der Waals surface area contributed by atoms with Crippen LogP contribution in [0.4, 0.5) is 4.79 Å². The zero-order valence-electron chi connectivity index (χ0n) is 17.1. The van der Waals surface area contributed by atoms with E-state index in [0.29, 0.717) is 19.5 Å². The molecular weight excluding hydrogens is 380 g/mol. The second-order valence-corrected chi connectivity index (χ2v) is 8.07. The van der Waals surface area contributed by atoms with Gasteiger partial charge in [0, 0.05) is 38.7 Å². The molecule has 0 radical (unpaired) electrons. The van der Waals surface area contributed by atoms with Crippen molar-refractivity contribution in [3.05, 3.63) is 53.6 Å². The SMILES string of the molecule is CCN1C(=O)NC(=O)C2C1N=C(Cc1cn3c(n1)CCCC3)N2Cc1ccccc1. The fourth-order valence-electron chi connectivity index (χ4n) is 4.67. The van der Waals surface area contributed by atoms with Crippen LogP contribution >= 0.6 is 0 Å². The van der Waals surface area contributed by atoms with Gasteiger partial charge < -0.3 is 9.47 Å². The van der Waals surface area contributed by atoms with Gasteiger partial charge in [-0.05, 0) is 25.3 Å². The summed E-state index contributed by atoms with van der Waals surface area (Å²) in [5.41, 5.74) is 2.07. The van der Waals surface area contributed by atoms with Crippen LogP contribution in [0.2, 0.25) is 0 Å². The van der Waals surface area contributed by atoms with Gasteiger partial charge in [-0.3, -0.25) is 15.0 Å². The van der Waals surface area contributed by atoms with Crippen molar-refractivity contribution in [3.63, 3.8) is 0 Å². The Balaban J connectivity index is 1.48. The van der Waals surface area contributed by atoms with Gasteiger partial charge in [0.15, 0.2) is 12.2 Å². The molecule has 1 fully saturated rings. The molecule has 2 unspecified atom stereocenters. The van der Waals surface area contributed by atoms with Crippen molar-refractivity contribution >= 4 is 17.8 Å². The molecule has 8 heteroatoms.